The smallest absolute Gasteiger partial charge is 0.159 e. The number of aliphatic imine (C=N–C) groups is 1. The second-order valence-electron chi connectivity index (χ2n) is 3.94. The van der Waals surface area contributed by atoms with Crippen molar-refractivity contribution in [3.05, 3.63) is 0 Å². The second kappa shape index (κ2) is 5.05. The molecule has 3 N–H and O–H groups in total. The SMILES string of the molecule is CN=C1N[C@@H]2[C@@H](F)[C@H](O)[C@@H]([C@@H](O)CF)O[C@@H]2S1. The summed E-state index contributed by atoms with van der Waals surface area (Å²) in [5.74, 6) is 0. The molecule has 0 radical (unpaired) electrons. The van der Waals surface area contributed by atoms with Crippen molar-refractivity contribution in [2.75, 3.05) is 13.7 Å². The molecule has 0 aromatic rings. The van der Waals surface area contributed by atoms with Gasteiger partial charge in [-0.05, 0) is 0 Å². The molecule has 2 aliphatic heterocycles. The average molecular weight is 268 g/mol. The van der Waals surface area contributed by atoms with Crippen molar-refractivity contribution in [2.45, 2.75) is 36.0 Å². The van der Waals surface area contributed by atoms with Crippen molar-refractivity contribution >= 4 is 16.9 Å². The fraction of sp³-hybridized carbons (Fsp3) is 0.889. The van der Waals surface area contributed by atoms with E-state index in [4.69, 9.17) is 4.74 Å². The summed E-state index contributed by atoms with van der Waals surface area (Å²) in [4.78, 5) is 3.86. The minimum absolute atomic E-state index is 0.505. The number of rotatable bonds is 2. The maximum Gasteiger partial charge on any atom is 0.159 e. The fourth-order valence-corrected chi connectivity index (χ4v) is 3.00. The Bertz CT molecular complexity index is 321. The average Bonchev–Trinajstić information content (AvgIpc) is 2.76. The largest absolute Gasteiger partial charge is 0.388 e. The number of aliphatic hydroxyl groups is 2. The van der Waals surface area contributed by atoms with Crippen molar-refractivity contribution in [1.29, 1.82) is 0 Å². The van der Waals surface area contributed by atoms with E-state index < -0.39 is 42.6 Å². The van der Waals surface area contributed by atoms with Crippen LogP contribution in [0.4, 0.5) is 8.78 Å². The van der Waals surface area contributed by atoms with E-state index in [1.165, 1.54) is 0 Å². The number of hydrogen-bond donors (Lipinski definition) is 3. The van der Waals surface area contributed by atoms with Gasteiger partial charge in [0.05, 0.1) is 6.04 Å². The molecule has 0 aromatic heterocycles. The molecule has 2 rings (SSSR count). The lowest BCUT2D eigenvalue weighted by molar-refractivity contribution is -0.173. The van der Waals surface area contributed by atoms with Gasteiger partial charge in [0, 0.05) is 7.05 Å². The lowest BCUT2D eigenvalue weighted by Crippen LogP contribution is -2.60. The molecule has 2 saturated heterocycles. The van der Waals surface area contributed by atoms with Crippen molar-refractivity contribution in [2.24, 2.45) is 4.99 Å². The minimum Gasteiger partial charge on any atom is -0.388 e. The number of hydrogen-bond acceptors (Lipinski definition) is 5. The standard InChI is InChI=1S/C9H14F2N2O3S/c1-12-9-13-5-4(11)6(15)7(3(14)2-10)16-8(5)17-9/h3-8,14-15H,2H2,1H3,(H,12,13)/t3-,4+,5+,6-,7+,8+/m0/s1. The normalized spacial score (nSPS) is 45.5. The van der Waals surface area contributed by atoms with Gasteiger partial charge < -0.3 is 20.3 Å². The summed E-state index contributed by atoms with van der Waals surface area (Å²) in [7, 11) is 1.55. The van der Waals surface area contributed by atoms with Crippen molar-refractivity contribution < 1.29 is 23.7 Å². The van der Waals surface area contributed by atoms with Crippen LogP contribution in [0.25, 0.3) is 0 Å². The highest BCUT2D eigenvalue weighted by Gasteiger charge is 2.51. The number of aliphatic hydroxyl groups excluding tert-OH is 2. The molecule has 2 fully saturated rings. The van der Waals surface area contributed by atoms with Crippen LogP contribution in [0.15, 0.2) is 4.99 Å². The topological polar surface area (TPSA) is 74.1 Å². The zero-order chi connectivity index (χ0) is 12.6. The van der Waals surface area contributed by atoms with E-state index in [0.29, 0.717) is 5.17 Å². The van der Waals surface area contributed by atoms with E-state index in [0.717, 1.165) is 11.8 Å². The third-order valence-corrected chi connectivity index (χ3v) is 4.01. The highest BCUT2D eigenvalue weighted by Crippen LogP contribution is 2.36. The molecule has 5 nitrogen and oxygen atoms in total. The predicted molar refractivity (Wildman–Crippen MR) is 59.4 cm³/mol. The van der Waals surface area contributed by atoms with Crippen LogP contribution < -0.4 is 5.32 Å². The number of nitrogens with one attached hydrogen (secondary N) is 1. The van der Waals surface area contributed by atoms with Crippen LogP contribution in [-0.4, -0.2) is 65.1 Å². The van der Waals surface area contributed by atoms with E-state index in [2.05, 4.69) is 10.3 Å². The highest BCUT2D eigenvalue weighted by molar-refractivity contribution is 8.14. The lowest BCUT2D eigenvalue weighted by Gasteiger charge is -2.39. The van der Waals surface area contributed by atoms with Crippen molar-refractivity contribution in [3.8, 4) is 0 Å². The van der Waals surface area contributed by atoms with Crippen molar-refractivity contribution in [3.63, 3.8) is 0 Å². The number of ether oxygens (including phenoxy) is 1. The van der Waals surface area contributed by atoms with Crippen molar-refractivity contribution in [1.82, 2.24) is 5.32 Å². The van der Waals surface area contributed by atoms with Gasteiger partial charge in [-0.15, -0.1) is 0 Å². The summed E-state index contributed by atoms with van der Waals surface area (Å²) in [6, 6.07) is -0.725. The lowest BCUT2D eigenvalue weighted by atomic mass is 9.96. The van der Waals surface area contributed by atoms with Crippen LogP contribution in [0.2, 0.25) is 0 Å². The molecule has 2 aliphatic rings. The van der Waals surface area contributed by atoms with E-state index in [-0.39, 0.29) is 0 Å². The van der Waals surface area contributed by atoms with E-state index in [1.807, 2.05) is 0 Å². The molecular formula is C9H14F2N2O3S. The predicted octanol–water partition coefficient (Wildman–Crippen LogP) is -0.569. The van der Waals surface area contributed by atoms with Gasteiger partial charge in [-0.2, -0.15) is 0 Å². The quantitative estimate of drug-likeness (QED) is 0.625. The molecule has 0 amide bonds. The summed E-state index contributed by atoms with van der Waals surface area (Å²) >= 11 is 1.16. The zero-order valence-electron chi connectivity index (χ0n) is 9.09. The summed E-state index contributed by atoms with van der Waals surface area (Å²) in [6.07, 6.45) is -5.95. The van der Waals surface area contributed by atoms with Gasteiger partial charge in [0.25, 0.3) is 0 Å². The molecular weight excluding hydrogens is 254 g/mol. The zero-order valence-corrected chi connectivity index (χ0v) is 9.90. The molecule has 0 saturated carbocycles. The maximum atomic E-state index is 13.9. The summed E-state index contributed by atoms with van der Waals surface area (Å²) in [5.41, 5.74) is -0.613. The number of halogens is 2. The Balaban J connectivity index is 2.13. The molecule has 0 unspecified atom stereocenters. The minimum atomic E-state index is -1.63. The van der Waals surface area contributed by atoms with Crippen LogP contribution in [0.3, 0.4) is 0 Å². The van der Waals surface area contributed by atoms with E-state index in [9.17, 15) is 19.0 Å². The monoisotopic (exact) mass is 268 g/mol. The molecule has 6 atom stereocenters. The van der Waals surface area contributed by atoms with Gasteiger partial charge in [0.2, 0.25) is 0 Å². The first-order chi connectivity index (χ1) is 8.08. The molecule has 0 aliphatic carbocycles. The Morgan fingerprint density at radius 1 is 1.65 bits per heavy atom. The third kappa shape index (κ3) is 2.26. The Hall–Kier alpha value is -0.440. The molecule has 17 heavy (non-hydrogen) atoms. The second-order valence-corrected chi connectivity index (χ2v) is 5.03. The van der Waals surface area contributed by atoms with E-state index >= 15 is 0 Å². The van der Waals surface area contributed by atoms with Gasteiger partial charge in [-0.25, -0.2) is 8.78 Å². The molecule has 8 heteroatoms. The van der Waals surface area contributed by atoms with Crippen LogP contribution in [0.1, 0.15) is 0 Å². The van der Waals surface area contributed by atoms with Gasteiger partial charge in [0.1, 0.15) is 30.4 Å². The number of alkyl halides is 2. The molecule has 2 heterocycles. The van der Waals surface area contributed by atoms with Gasteiger partial charge >= 0.3 is 0 Å². The van der Waals surface area contributed by atoms with Gasteiger partial charge in [-0.3, -0.25) is 4.99 Å². The number of fused-ring (bicyclic) bond motifs is 1. The Morgan fingerprint density at radius 3 is 2.94 bits per heavy atom. The van der Waals surface area contributed by atoms with E-state index in [1.54, 1.807) is 7.05 Å². The Labute approximate surface area is 101 Å². The van der Waals surface area contributed by atoms with Crippen LogP contribution >= 0.6 is 11.8 Å². The fourth-order valence-electron chi connectivity index (χ4n) is 1.92. The van der Waals surface area contributed by atoms with Crippen LogP contribution in [0, 0.1) is 0 Å². The Morgan fingerprint density at radius 2 is 2.35 bits per heavy atom. The first-order valence-electron chi connectivity index (χ1n) is 5.20. The molecule has 0 bridgehead atoms. The van der Waals surface area contributed by atoms with Gasteiger partial charge in [0.15, 0.2) is 11.3 Å². The summed E-state index contributed by atoms with van der Waals surface area (Å²) in [6.45, 7) is -1.08. The number of nitrogens with zero attached hydrogens (tertiary/aromatic N) is 1. The summed E-state index contributed by atoms with van der Waals surface area (Å²) in [5, 5.41) is 22.2. The maximum absolute atomic E-state index is 13.9. The van der Waals surface area contributed by atoms with Crippen LogP contribution in [0.5, 0.6) is 0 Å². The first-order valence-corrected chi connectivity index (χ1v) is 6.08. The molecule has 0 spiro atoms. The summed E-state index contributed by atoms with van der Waals surface area (Å²) < 4.78 is 31.6. The Kier molecular flexibility index (Phi) is 3.86. The van der Waals surface area contributed by atoms with Crippen LogP contribution in [-0.2, 0) is 4.74 Å². The third-order valence-electron chi connectivity index (χ3n) is 2.85. The molecule has 0 aromatic carbocycles. The van der Waals surface area contributed by atoms with Gasteiger partial charge in [-0.1, -0.05) is 11.8 Å². The molecule has 98 valence electrons. The number of amidine groups is 1. The number of thioether (sulfide) groups is 1. The first kappa shape index (κ1) is 13.0. The highest BCUT2D eigenvalue weighted by atomic mass is 32.2.